The zero-order valence-corrected chi connectivity index (χ0v) is 10.3. The molecule has 0 saturated carbocycles. The number of hydrogen-bond acceptors (Lipinski definition) is 7. The van der Waals surface area contributed by atoms with E-state index in [1.807, 2.05) is 10.8 Å². The highest BCUT2D eigenvalue weighted by atomic mass is 32.2. The van der Waals surface area contributed by atoms with Gasteiger partial charge < -0.3 is 0 Å². The number of carbonyl (C=O) groups excluding carboxylic acids is 1. The molecule has 0 fully saturated rings. The number of nitrogens with one attached hydrogen (secondary N) is 1. The SMILES string of the molecule is NNC(=O)c1nc(CSc2ncccn2)cs1. The Morgan fingerprint density at radius 2 is 2.24 bits per heavy atom. The van der Waals surface area contributed by atoms with Crippen molar-refractivity contribution in [1.82, 2.24) is 20.4 Å². The highest BCUT2D eigenvalue weighted by Gasteiger charge is 2.09. The Kier molecular flexibility index (Phi) is 4.02. The molecule has 2 aromatic heterocycles. The zero-order chi connectivity index (χ0) is 12.1. The molecule has 1 amide bonds. The number of nitrogens with two attached hydrogens (primary N) is 1. The molecule has 8 heteroatoms. The molecule has 0 unspecified atom stereocenters. The van der Waals surface area contributed by atoms with Crippen LogP contribution in [0.15, 0.2) is 29.0 Å². The molecule has 17 heavy (non-hydrogen) atoms. The van der Waals surface area contributed by atoms with Gasteiger partial charge in [0.2, 0.25) is 0 Å². The third kappa shape index (κ3) is 3.22. The van der Waals surface area contributed by atoms with E-state index in [-0.39, 0.29) is 5.91 Å². The normalized spacial score (nSPS) is 10.2. The second kappa shape index (κ2) is 5.71. The van der Waals surface area contributed by atoms with Crippen molar-refractivity contribution in [3.05, 3.63) is 34.5 Å². The van der Waals surface area contributed by atoms with Gasteiger partial charge >= 0.3 is 0 Å². The summed E-state index contributed by atoms with van der Waals surface area (Å²) in [4.78, 5) is 23.5. The van der Waals surface area contributed by atoms with Crippen LogP contribution in [-0.2, 0) is 5.75 Å². The van der Waals surface area contributed by atoms with Gasteiger partial charge in [-0.15, -0.1) is 11.3 Å². The summed E-state index contributed by atoms with van der Waals surface area (Å²) in [6, 6.07) is 1.76. The number of carbonyl (C=O) groups is 1. The molecule has 0 aromatic carbocycles. The molecule has 0 aliphatic carbocycles. The van der Waals surface area contributed by atoms with Crippen LogP contribution in [0.25, 0.3) is 0 Å². The predicted octanol–water partition coefficient (Wildman–Crippen LogP) is 0.829. The van der Waals surface area contributed by atoms with Crippen molar-refractivity contribution >= 4 is 29.0 Å². The van der Waals surface area contributed by atoms with E-state index < -0.39 is 0 Å². The molecule has 0 spiro atoms. The van der Waals surface area contributed by atoms with Gasteiger partial charge in [-0.25, -0.2) is 20.8 Å². The number of nitrogen functional groups attached to an aromatic ring is 1. The van der Waals surface area contributed by atoms with Crippen LogP contribution < -0.4 is 11.3 Å². The van der Waals surface area contributed by atoms with E-state index >= 15 is 0 Å². The van der Waals surface area contributed by atoms with Crippen molar-refractivity contribution in [2.45, 2.75) is 10.9 Å². The first-order valence-corrected chi connectivity index (χ1v) is 6.51. The van der Waals surface area contributed by atoms with Gasteiger partial charge in [-0.05, 0) is 6.07 Å². The van der Waals surface area contributed by atoms with Gasteiger partial charge in [0.25, 0.3) is 5.91 Å². The van der Waals surface area contributed by atoms with E-state index in [4.69, 9.17) is 5.84 Å². The van der Waals surface area contributed by atoms with E-state index in [9.17, 15) is 4.79 Å². The molecule has 2 rings (SSSR count). The molecule has 0 bridgehead atoms. The minimum Gasteiger partial charge on any atom is -0.288 e. The zero-order valence-electron chi connectivity index (χ0n) is 8.66. The van der Waals surface area contributed by atoms with Gasteiger partial charge in [-0.3, -0.25) is 10.2 Å². The topological polar surface area (TPSA) is 93.8 Å². The number of thiazole rings is 1. The Morgan fingerprint density at radius 1 is 1.47 bits per heavy atom. The van der Waals surface area contributed by atoms with Gasteiger partial charge in [0, 0.05) is 23.5 Å². The van der Waals surface area contributed by atoms with Gasteiger partial charge in [0.1, 0.15) is 0 Å². The summed E-state index contributed by atoms with van der Waals surface area (Å²) in [6.07, 6.45) is 3.37. The molecule has 0 saturated heterocycles. The highest BCUT2D eigenvalue weighted by molar-refractivity contribution is 7.98. The molecule has 2 aromatic rings. The lowest BCUT2D eigenvalue weighted by Crippen LogP contribution is -2.29. The monoisotopic (exact) mass is 267 g/mol. The van der Waals surface area contributed by atoms with Crippen LogP contribution in [0.3, 0.4) is 0 Å². The largest absolute Gasteiger partial charge is 0.294 e. The molecule has 0 radical (unpaired) electrons. The Morgan fingerprint density at radius 3 is 2.94 bits per heavy atom. The summed E-state index contributed by atoms with van der Waals surface area (Å²) in [5.74, 6) is 5.27. The third-order valence-electron chi connectivity index (χ3n) is 1.77. The van der Waals surface area contributed by atoms with Gasteiger partial charge in [-0.2, -0.15) is 0 Å². The van der Waals surface area contributed by atoms with Crippen LogP contribution in [-0.4, -0.2) is 20.9 Å². The summed E-state index contributed by atoms with van der Waals surface area (Å²) in [6.45, 7) is 0. The van der Waals surface area contributed by atoms with Crippen LogP contribution in [0.4, 0.5) is 0 Å². The summed E-state index contributed by atoms with van der Waals surface area (Å²) >= 11 is 2.73. The first-order chi connectivity index (χ1) is 8.29. The second-order valence-corrected chi connectivity index (χ2v) is 4.74. The summed E-state index contributed by atoms with van der Waals surface area (Å²) in [5, 5.41) is 2.86. The van der Waals surface area contributed by atoms with E-state index in [0.717, 1.165) is 5.69 Å². The number of hydrazine groups is 1. The lowest BCUT2D eigenvalue weighted by molar-refractivity contribution is 0.0953. The number of thioether (sulfide) groups is 1. The summed E-state index contributed by atoms with van der Waals surface area (Å²) < 4.78 is 0. The van der Waals surface area contributed by atoms with Crippen LogP contribution in [0, 0.1) is 0 Å². The first-order valence-electron chi connectivity index (χ1n) is 4.65. The quantitative estimate of drug-likeness (QED) is 0.280. The molecule has 0 atom stereocenters. The highest BCUT2D eigenvalue weighted by Crippen LogP contribution is 2.19. The number of nitrogens with zero attached hydrogens (tertiary/aromatic N) is 3. The molecule has 3 N–H and O–H groups in total. The Bertz CT molecular complexity index is 501. The maximum atomic E-state index is 11.2. The minimum absolute atomic E-state index is 0.358. The Labute approximate surface area is 106 Å². The standard InChI is InChI=1S/C9H9N5OS2/c10-14-7(15)8-13-6(4-16-8)5-17-9-11-2-1-3-12-9/h1-4H,5,10H2,(H,14,15). The minimum atomic E-state index is -0.373. The maximum absolute atomic E-state index is 11.2. The molecular weight excluding hydrogens is 258 g/mol. The lowest BCUT2D eigenvalue weighted by atomic mass is 10.5. The van der Waals surface area contributed by atoms with Gasteiger partial charge in [0.15, 0.2) is 10.2 Å². The Balaban J connectivity index is 1.96. The fraction of sp³-hybridized carbons (Fsp3) is 0.111. The summed E-state index contributed by atoms with van der Waals surface area (Å²) in [7, 11) is 0. The van der Waals surface area contributed by atoms with E-state index in [2.05, 4.69) is 15.0 Å². The fourth-order valence-electron chi connectivity index (χ4n) is 1.04. The predicted molar refractivity (Wildman–Crippen MR) is 65.4 cm³/mol. The lowest BCUT2D eigenvalue weighted by Gasteiger charge is -1.96. The van der Waals surface area contributed by atoms with Crippen molar-refractivity contribution in [1.29, 1.82) is 0 Å². The molecule has 0 aliphatic heterocycles. The average molecular weight is 267 g/mol. The van der Waals surface area contributed by atoms with Crippen LogP contribution >= 0.6 is 23.1 Å². The molecule has 2 heterocycles. The van der Waals surface area contributed by atoms with Gasteiger partial charge in [-0.1, -0.05) is 11.8 Å². The van der Waals surface area contributed by atoms with Gasteiger partial charge in [0.05, 0.1) is 5.69 Å². The van der Waals surface area contributed by atoms with Crippen molar-refractivity contribution in [2.24, 2.45) is 5.84 Å². The molecular formula is C9H9N5OS2. The first kappa shape index (κ1) is 12.0. The summed E-state index contributed by atoms with van der Waals surface area (Å²) in [5.41, 5.74) is 2.86. The number of amides is 1. The van der Waals surface area contributed by atoms with E-state index in [1.54, 1.807) is 18.5 Å². The molecule has 88 valence electrons. The number of aromatic nitrogens is 3. The van der Waals surface area contributed by atoms with Crippen molar-refractivity contribution < 1.29 is 4.79 Å². The van der Waals surface area contributed by atoms with E-state index in [0.29, 0.717) is 15.9 Å². The molecule has 6 nitrogen and oxygen atoms in total. The fourth-order valence-corrected chi connectivity index (χ4v) is 2.56. The maximum Gasteiger partial charge on any atom is 0.294 e. The van der Waals surface area contributed by atoms with Crippen LogP contribution in [0.1, 0.15) is 15.5 Å². The van der Waals surface area contributed by atoms with Crippen molar-refractivity contribution in [3.8, 4) is 0 Å². The van der Waals surface area contributed by atoms with Crippen LogP contribution in [0.5, 0.6) is 0 Å². The number of hydrogen-bond donors (Lipinski definition) is 2. The Hall–Kier alpha value is -1.51. The second-order valence-electron chi connectivity index (χ2n) is 2.94. The van der Waals surface area contributed by atoms with Crippen molar-refractivity contribution in [2.75, 3.05) is 0 Å². The smallest absolute Gasteiger partial charge is 0.288 e. The van der Waals surface area contributed by atoms with E-state index in [1.165, 1.54) is 23.1 Å². The average Bonchev–Trinajstić information content (AvgIpc) is 2.85. The van der Waals surface area contributed by atoms with Crippen molar-refractivity contribution in [3.63, 3.8) is 0 Å². The third-order valence-corrected chi connectivity index (χ3v) is 3.57. The number of rotatable bonds is 4. The molecule has 0 aliphatic rings. The van der Waals surface area contributed by atoms with Crippen LogP contribution in [0.2, 0.25) is 0 Å².